The number of Topliss-reactive ketones (excluding diaryl/α,β-unsaturated/α-hetero) is 1. The van der Waals surface area contributed by atoms with Crippen LogP contribution in [0.5, 0.6) is 0 Å². The molecule has 0 spiro atoms. The number of rotatable bonds is 13. The van der Waals surface area contributed by atoms with E-state index >= 15 is 0 Å². The van der Waals surface area contributed by atoms with Gasteiger partial charge < -0.3 is 30.9 Å². The van der Waals surface area contributed by atoms with E-state index in [-0.39, 0.29) is 24.9 Å². The zero-order valence-corrected chi connectivity index (χ0v) is 29.2. The third kappa shape index (κ3) is 9.88. The van der Waals surface area contributed by atoms with Gasteiger partial charge in [0.25, 0.3) is 5.91 Å². The van der Waals surface area contributed by atoms with Crippen LogP contribution < -0.4 is 21.3 Å². The zero-order valence-electron chi connectivity index (χ0n) is 28.4. The first-order chi connectivity index (χ1) is 22.2. The predicted octanol–water partition coefficient (Wildman–Crippen LogP) is 1.19. The maximum Gasteiger partial charge on any atom is 0.315 e. The SMILES string of the molecule is CCC[C@H](NC(=O)[C@@H]1CCCN1C(=O)[C@@H](NC(=O)NC1(CS(=O)(=O)N2CCOCC2)CCCCC1)C(C)(C)C)C(=O)C(=O)NC1CC1. The van der Waals surface area contributed by atoms with E-state index in [1.165, 1.54) is 9.21 Å². The number of carbonyl (C=O) groups is 5. The number of hydrogen-bond acceptors (Lipinski definition) is 8. The molecule has 4 rings (SSSR count). The van der Waals surface area contributed by atoms with Crippen LogP contribution in [0.1, 0.15) is 98.3 Å². The van der Waals surface area contributed by atoms with Gasteiger partial charge in [0.1, 0.15) is 12.1 Å². The summed E-state index contributed by atoms with van der Waals surface area (Å²) in [6, 6.07) is -3.50. The molecule has 47 heavy (non-hydrogen) atoms. The van der Waals surface area contributed by atoms with Crippen molar-refractivity contribution in [2.75, 3.05) is 38.6 Å². The summed E-state index contributed by atoms with van der Waals surface area (Å²) in [7, 11) is -3.68. The topological polar surface area (TPSA) is 183 Å². The number of nitrogens with one attached hydrogen (secondary N) is 4. The number of ketones is 1. The van der Waals surface area contributed by atoms with Gasteiger partial charge in [0.2, 0.25) is 27.6 Å². The number of amides is 5. The van der Waals surface area contributed by atoms with Crippen molar-refractivity contribution >= 4 is 39.6 Å². The Morgan fingerprint density at radius 3 is 2.17 bits per heavy atom. The smallest absolute Gasteiger partial charge is 0.315 e. The fraction of sp³-hybridized carbons (Fsp3) is 0.844. The summed E-state index contributed by atoms with van der Waals surface area (Å²) in [5, 5.41) is 11.2. The zero-order chi connectivity index (χ0) is 34.4. The van der Waals surface area contributed by atoms with Crippen molar-refractivity contribution in [2.24, 2.45) is 5.41 Å². The number of nitrogens with zero attached hydrogens (tertiary/aromatic N) is 2. The molecule has 0 bridgehead atoms. The third-order valence-corrected chi connectivity index (χ3v) is 11.7. The Labute approximate surface area is 278 Å². The van der Waals surface area contributed by atoms with Crippen LogP contribution in [0.15, 0.2) is 0 Å². The summed E-state index contributed by atoms with van der Waals surface area (Å²) in [4.78, 5) is 68.0. The summed E-state index contributed by atoms with van der Waals surface area (Å²) >= 11 is 0. The quantitative estimate of drug-likeness (QED) is 0.209. The fourth-order valence-electron chi connectivity index (χ4n) is 6.79. The molecule has 2 saturated carbocycles. The summed E-state index contributed by atoms with van der Waals surface area (Å²) < 4.78 is 33.6. The summed E-state index contributed by atoms with van der Waals surface area (Å²) in [6.07, 6.45) is 6.96. The number of ether oxygens (including phenoxy) is 1. The van der Waals surface area contributed by atoms with Gasteiger partial charge in [-0.05, 0) is 50.4 Å². The van der Waals surface area contributed by atoms with Gasteiger partial charge in [0.05, 0.1) is 30.5 Å². The molecule has 2 aliphatic carbocycles. The molecule has 0 radical (unpaired) electrons. The van der Waals surface area contributed by atoms with Crippen molar-refractivity contribution in [1.29, 1.82) is 0 Å². The van der Waals surface area contributed by atoms with Crippen molar-refractivity contribution in [3.05, 3.63) is 0 Å². The number of hydrogen-bond donors (Lipinski definition) is 4. The maximum absolute atomic E-state index is 14.1. The molecule has 3 atom stereocenters. The van der Waals surface area contributed by atoms with Crippen molar-refractivity contribution in [1.82, 2.24) is 30.5 Å². The van der Waals surface area contributed by atoms with Crippen LogP contribution in [0.25, 0.3) is 0 Å². The van der Waals surface area contributed by atoms with Gasteiger partial charge in [0, 0.05) is 25.7 Å². The molecule has 2 heterocycles. The van der Waals surface area contributed by atoms with Crippen molar-refractivity contribution in [3.8, 4) is 0 Å². The second-order valence-electron chi connectivity index (χ2n) is 14.7. The number of urea groups is 1. The minimum Gasteiger partial charge on any atom is -0.379 e. The first-order valence-corrected chi connectivity index (χ1v) is 18.9. The molecular formula is C32H54N6O8S. The molecule has 14 nitrogen and oxygen atoms in total. The van der Waals surface area contributed by atoms with E-state index in [2.05, 4.69) is 21.3 Å². The molecule has 0 aromatic heterocycles. The molecule has 4 fully saturated rings. The van der Waals surface area contributed by atoms with E-state index in [1.807, 2.05) is 27.7 Å². The first kappa shape index (κ1) is 37.0. The van der Waals surface area contributed by atoms with Crippen molar-refractivity contribution in [3.63, 3.8) is 0 Å². The van der Waals surface area contributed by atoms with Crippen LogP contribution in [0.2, 0.25) is 0 Å². The second kappa shape index (κ2) is 15.6. The Morgan fingerprint density at radius 2 is 1.57 bits per heavy atom. The lowest BCUT2D eigenvalue weighted by Crippen LogP contribution is -2.63. The van der Waals surface area contributed by atoms with E-state index in [1.54, 1.807) is 0 Å². The molecule has 15 heteroatoms. The molecule has 266 valence electrons. The van der Waals surface area contributed by atoms with E-state index in [0.717, 1.165) is 32.1 Å². The minimum absolute atomic E-state index is 0.00793. The van der Waals surface area contributed by atoms with Gasteiger partial charge in [-0.1, -0.05) is 53.4 Å². The van der Waals surface area contributed by atoms with Crippen LogP contribution in [0, 0.1) is 5.41 Å². The minimum atomic E-state index is -3.68. The largest absolute Gasteiger partial charge is 0.379 e. The monoisotopic (exact) mass is 682 g/mol. The van der Waals surface area contributed by atoms with Crippen LogP contribution in [-0.2, 0) is 33.9 Å². The number of likely N-dealkylation sites (tertiary alicyclic amines) is 1. The molecule has 4 N–H and O–H groups in total. The molecule has 5 amide bonds. The van der Waals surface area contributed by atoms with Crippen LogP contribution in [0.4, 0.5) is 4.79 Å². The highest BCUT2D eigenvalue weighted by Crippen LogP contribution is 2.31. The Morgan fingerprint density at radius 1 is 0.915 bits per heavy atom. The van der Waals surface area contributed by atoms with Crippen LogP contribution in [0.3, 0.4) is 0 Å². The molecule has 2 aliphatic heterocycles. The third-order valence-electron chi connectivity index (χ3n) is 9.59. The lowest BCUT2D eigenvalue weighted by Gasteiger charge is -2.41. The highest BCUT2D eigenvalue weighted by molar-refractivity contribution is 7.89. The Hall–Kier alpha value is -2.78. The second-order valence-corrected chi connectivity index (χ2v) is 16.6. The van der Waals surface area contributed by atoms with Crippen molar-refractivity contribution < 1.29 is 37.1 Å². The van der Waals surface area contributed by atoms with Crippen LogP contribution in [-0.4, -0.2) is 115 Å². The van der Waals surface area contributed by atoms with Gasteiger partial charge in [-0.15, -0.1) is 0 Å². The highest BCUT2D eigenvalue weighted by Gasteiger charge is 2.45. The van der Waals surface area contributed by atoms with E-state index in [9.17, 15) is 32.4 Å². The molecular weight excluding hydrogens is 628 g/mol. The van der Waals surface area contributed by atoms with Gasteiger partial charge in [-0.2, -0.15) is 4.31 Å². The van der Waals surface area contributed by atoms with Crippen LogP contribution >= 0.6 is 0 Å². The average Bonchev–Trinajstić information content (AvgIpc) is 3.69. The average molecular weight is 683 g/mol. The van der Waals surface area contributed by atoms with Gasteiger partial charge in [0.15, 0.2) is 0 Å². The lowest BCUT2D eigenvalue weighted by atomic mass is 9.83. The summed E-state index contributed by atoms with van der Waals surface area (Å²) in [5.41, 5.74) is -1.73. The molecule has 2 saturated heterocycles. The maximum atomic E-state index is 14.1. The Balaban J connectivity index is 1.44. The molecule has 0 aromatic carbocycles. The normalized spacial score (nSPS) is 23.3. The molecule has 4 aliphatic rings. The number of morpholine rings is 1. The summed E-state index contributed by atoms with van der Waals surface area (Å²) in [6.45, 7) is 8.80. The van der Waals surface area contributed by atoms with E-state index in [4.69, 9.17) is 4.74 Å². The Bertz CT molecular complexity index is 1270. The number of carbonyl (C=O) groups excluding carboxylic acids is 5. The highest BCUT2D eigenvalue weighted by atomic mass is 32.2. The van der Waals surface area contributed by atoms with Gasteiger partial charge in [-0.25, -0.2) is 13.2 Å². The first-order valence-electron chi connectivity index (χ1n) is 17.3. The fourth-order valence-corrected chi connectivity index (χ4v) is 8.74. The predicted molar refractivity (Wildman–Crippen MR) is 175 cm³/mol. The standard InChI is InChI=1S/C32H54N6O8S/c1-5-10-23(25(39)28(41)33-22-12-13-22)34-27(40)24-11-9-16-38(24)29(42)26(31(2,3)4)35-30(43)36-32(14-7-6-8-15-32)21-47(44,45)37-17-19-46-20-18-37/h22-24,26H,5-21H2,1-4H3,(H,33,41)(H,34,40)(H2,35,36,43)/t23-,24-,26+/m0/s1. The van der Waals surface area contributed by atoms with E-state index in [0.29, 0.717) is 58.3 Å². The van der Waals surface area contributed by atoms with Gasteiger partial charge in [-0.3, -0.25) is 19.2 Å². The van der Waals surface area contributed by atoms with E-state index < -0.39 is 68.6 Å². The Kier molecular flexibility index (Phi) is 12.3. The number of sulfonamides is 1. The van der Waals surface area contributed by atoms with Crippen molar-refractivity contribution in [2.45, 2.75) is 128 Å². The molecule has 0 aromatic rings. The summed E-state index contributed by atoms with van der Waals surface area (Å²) in [5.74, 6) is -2.57. The van der Waals surface area contributed by atoms with Gasteiger partial charge >= 0.3 is 6.03 Å². The lowest BCUT2D eigenvalue weighted by molar-refractivity contribution is -0.143. The molecule has 0 unspecified atom stereocenters.